The van der Waals surface area contributed by atoms with Gasteiger partial charge in [0.1, 0.15) is 29.9 Å². The first-order chi connectivity index (χ1) is 22.2. The smallest absolute Gasteiger partial charge is 0.409 e. The lowest BCUT2D eigenvalue weighted by atomic mass is 10.0. The number of thiazole rings is 1. The molecule has 3 aliphatic rings. The van der Waals surface area contributed by atoms with Crippen molar-refractivity contribution in [2.75, 3.05) is 63.7 Å². The quantitative estimate of drug-likeness (QED) is 0.106. The van der Waals surface area contributed by atoms with Gasteiger partial charge >= 0.3 is 12.1 Å². The predicted molar refractivity (Wildman–Crippen MR) is 168 cm³/mol. The van der Waals surface area contributed by atoms with E-state index in [4.69, 9.17) is 15.3 Å². The van der Waals surface area contributed by atoms with Gasteiger partial charge in [0.2, 0.25) is 5.16 Å². The Bertz CT molecular complexity index is 1520. The molecular formula is C25H33N11O7S3. The SMILES string of the molecule is CCOC(=O)N1CCN(CCCn2nnnc2SCC2=C(C(=O)O)N3C(=O)C(NC(=O)/C(=N/OC)c4csc(N)n4)[C@H]3SC2)CC1. The molecule has 4 N–H and O–H groups in total. The molecule has 0 spiro atoms. The van der Waals surface area contributed by atoms with Crippen molar-refractivity contribution in [2.45, 2.75) is 36.5 Å². The summed E-state index contributed by atoms with van der Waals surface area (Å²) in [6, 6.07) is -0.959. The Morgan fingerprint density at radius 2 is 2.02 bits per heavy atom. The van der Waals surface area contributed by atoms with Crippen molar-refractivity contribution in [3.05, 3.63) is 22.3 Å². The van der Waals surface area contributed by atoms with Crippen LogP contribution in [0.5, 0.6) is 0 Å². The number of carbonyl (C=O) groups is 4. The average molecular weight is 696 g/mol. The maximum atomic E-state index is 13.2. The highest BCUT2D eigenvalue weighted by atomic mass is 32.2. The second-order valence-electron chi connectivity index (χ2n) is 10.2. The number of piperazine rings is 1. The summed E-state index contributed by atoms with van der Waals surface area (Å²) in [5, 5.41) is 30.1. The summed E-state index contributed by atoms with van der Waals surface area (Å²) >= 11 is 3.76. The van der Waals surface area contributed by atoms with Crippen molar-refractivity contribution >= 4 is 69.6 Å². The second-order valence-corrected chi connectivity index (χ2v) is 13.1. The Balaban J connectivity index is 1.15. The van der Waals surface area contributed by atoms with E-state index in [2.05, 4.69) is 35.9 Å². The van der Waals surface area contributed by atoms with Gasteiger partial charge in [0.15, 0.2) is 10.8 Å². The van der Waals surface area contributed by atoms with E-state index >= 15 is 0 Å². The number of carbonyl (C=O) groups excluding carboxylic acids is 3. The van der Waals surface area contributed by atoms with Crippen LogP contribution in [-0.4, -0.2) is 144 Å². The number of amides is 3. The molecule has 0 aliphatic carbocycles. The topological polar surface area (TPSA) is 224 Å². The number of nitrogens with zero attached hydrogens (tertiary/aromatic N) is 9. The van der Waals surface area contributed by atoms with Crippen molar-refractivity contribution < 1.29 is 33.9 Å². The number of oxime groups is 1. The zero-order chi connectivity index (χ0) is 32.8. The number of nitrogen functional groups attached to an aromatic ring is 1. The molecule has 21 heteroatoms. The molecule has 5 rings (SSSR count). The Hall–Kier alpha value is -3.95. The number of anilines is 1. The van der Waals surface area contributed by atoms with Crippen LogP contribution < -0.4 is 11.1 Å². The molecular weight excluding hydrogens is 663 g/mol. The number of aliphatic carboxylic acids is 1. The molecule has 5 heterocycles. The van der Waals surface area contributed by atoms with Gasteiger partial charge in [-0.1, -0.05) is 16.9 Å². The normalized spacial score (nSPS) is 20.3. The molecule has 18 nitrogen and oxygen atoms in total. The predicted octanol–water partition coefficient (Wildman–Crippen LogP) is -0.243. The van der Waals surface area contributed by atoms with E-state index in [9.17, 15) is 24.3 Å². The Kier molecular flexibility index (Phi) is 11.0. The molecule has 3 aliphatic heterocycles. The third-order valence-corrected chi connectivity index (χ3v) is 10.4. The van der Waals surface area contributed by atoms with Crippen LogP contribution in [0.4, 0.5) is 9.93 Å². The molecule has 0 aromatic carbocycles. The molecule has 0 saturated carbocycles. The van der Waals surface area contributed by atoms with Gasteiger partial charge in [0.05, 0.1) is 6.61 Å². The third-order valence-electron chi connectivity index (χ3n) is 7.32. The van der Waals surface area contributed by atoms with Crippen LogP contribution in [0.15, 0.2) is 27.0 Å². The molecule has 0 radical (unpaired) electrons. The third kappa shape index (κ3) is 7.37. The van der Waals surface area contributed by atoms with Crippen molar-refractivity contribution in [3.8, 4) is 0 Å². The first kappa shape index (κ1) is 33.4. The number of tetrazole rings is 1. The minimum atomic E-state index is -1.23. The minimum absolute atomic E-state index is 0.106. The molecule has 2 fully saturated rings. The number of nitrogens with one attached hydrogen (secondary N) is 1. The summed E-state index contributed by atoms with van der Waals surface area (Å²) in [7, 11) is 1.27. The van der Waals surface area contributed by atoms with Crippen LogP contribution in [0.3, 0.4) is 0 Å². The lowest BCUT2D eigenvalue weighted by Gasteiger charge is -2.49. The number of carboxylic acid groups (broad SMARTS) is 1. The number of hydrogen-bond acceptors (Lipinski definition) is 16. The molecule has 2 atom stereocenters. The maximum Gasteiger partial charge on any atom is 0.409 e. The number of aromatic nitrogens is 5. The number of ether oxygens (including phenoxy) is 1. The molecule has 2 saturated heterocycles. The van der Waals surface area contributed by atoms with E-state index in [1.54, 1.807) is 21.9 Å². The Morgan fingerprint density at radius 1 is 1.24 bits per heavy atom. The van der Waals surface area contributed by atoms with Gasteiger partial charge in [0.25, 0.3) is 11.8 Å². The number of carboxylic acids is 1. The fourth-order valence-corrected chi connectivity index (χ4v) is 8.04. The molecule has 0 bridgehead atoms. The van der Waals surface area contributed by atoms with E-state index in [0.29, 0.717) is 42.7 Å². The summed E-state index contributed by atoms with van der Waals surface area (Å²) in [6.45, 7) is 6.24. The van der Waals surface area contributed by atoms with Crippen LogP contribution in [0, 0.1) is 0 Å². The summed E-state index contributed by atoms with van der Waals surface area (Å²) in [4.78, 5) is 64.4. The molecule has 1 unspecified atom stereocenters. The number of β-lactam (4-membered cyclic amide) rings is 1. The van der Waals surface area contributed by atoms with Gasteiger partial charge < -0.3 is 30.6 Å². The monoisotopic (exact) mass is 695 g/mol. The number of thioether (sulfide) groups is 2. The van der Waals surface area contributed by atoms with Gasteiger partial charge in [-0.05, 0) is 29.3 Å². The first-order valence-corrected chi connectivity index (χ1v) is 17.2. The summed E-state index contributed by atoms with van der Waals surface area (Å²) < 4.78 is 6.75. The van der Waals surface area contributed by atoms with Crippen LogP contribution in [0.2, 0.25) is 0 Å². The first-order valence-electron chi connectivity index (χ1n) is 14.3. The number of rotatable bonds is 13. The Morgan fingerprint density at radius 3 is 2.70 bits per heavy atom. The van der Waals surface area contributed by atoms with Crippen LogP contribution in [0.1, 0.15) is 19.0 Å². The van der Waals surface area contributed by atoms with E-state index < -0.39 is 29.2 Å². The van der Waals surface area contributed by atoms with Gasteiger partial charge in [-0.25, -0.2) is 19.3 Å². The highest BCUT2D eigenvalue weighted by molar-refractivity contribution is 8.01. The molecule has 248 valence electrons. The highest BCUT2D eigenvalue weighted by Crippen LogP contribution is 2.41. The van der Waals surface area contributed by atoms with Crippen LogP contribution in [-0.2, 0) is 30.5 Å². The lowest BCUT2D eigenvalue weighted by molar-refractivity contribution is -0.150. The van der Waals surface area contributed by atoms with E-state index in [1.807, 2.05) is 0 Å². The fourth-order valence-electron chi connectivity index (χ4n) is 5.10. The summed E-state index contributed by atoms with van der Waals surface area (Å²) in [5.74, 6) is -1.89. The molecule has 3 amide bonds. The molecule has 46 heavy (non-hydrogen) atoms. The zero-order valence-corrected chi connectivity index (χ0v) is 27.5. The lowest BCUT2D eigenvalue weighted by Crippen LogP contribution is -2.71. The van der Waals surface area contributed by atoms with Gasteiger partial charge in [-0.3, -0.25) is 19.4 Å². The average Bonchev–Trinajstić information content (AvgIpc) is 3.69. The maximum absolute atomic E-state index is 13.2. The minimum Gasteiger partial charge on any atom is -0.477 e. The van der Waals surface area contributed by atoms with Crippen molar-refractivity contribution in [2.24, 2.45) is 5.16 Å². The van der Waals surface area contributed by atoms with E-state index in [-0.39, 0.29) is 34.1 Å². The van der Waals surface area contributed by atoms with Gasteiger partial charge in [-0.2, -0.15) is 0 Å². The second kappa shape index (κ2) is 15.1. The zero-order valence-electron chi connectivity index (χ0n) is 25.0. The van der Waals surface area contributed by atoms with Crippen molar-refractivity contribution in [1.29, 1.82) is 0 Å². The largest absolute Gasteiger partial charge is 0.477 e. The summed E-state index contributed by atoms with van der Waals surface area (Å²) in [5.41, 5.74) is 6.16. The Labute approximate surface area is 275 Å². The number of nitrogens with two attached hydrogens (primary N) is 1. The molecule has 2 aromatic rings. The molecule has 2 aromatic heterocycles. The van der Waals surface area contributed by atoms with Gasteiger partial charge in [0, 0.05) is 56.2 Å². The number of fused-ring (bicyclic) bond motifs is 1. The van der Waals surface area contributed by atoms with Crippen molar-refractivity contribution in [3.63, 3.8) is 0 Å². The van der Waals surface area contributed by atoms with Crippen molar-refractivity contribution in [1.82, 2.24) is 45.2 Å². The highest BCUT2D eigenvalue weighted by Gasteiger charge is 2.54. The number of aryl methyl sites for hydroxylation is 1. The van der Waals surface area contributed by atoms with Crippen LogP contribution in [0.25, 0.3) is 0 Å². The van der Waals surface area contributed by atoms with E-state index in [0.717, 1.165) is 37.4 Å². The fraction of sp³-hybridized carbons (Fsp3) is 0.560. The number of hydrogen-bond donors (Lipinski definition) is 3. The van der Waals surface area contributed by atoms with E-state index in [1.165, 1.54) is 35.5 Å². The van der Waals surface area contributed by atoms with Crippen LogP contribution >= 0.6 is 34.9 Å². The standard InChI is InChI=1S/C25H33N11O7S3/c1-3-43-25(41)34-9-7-33(8-10-34)5-4-6-35-24(29-31-32-35)46-12-14-11-44-21-17(20(38)36(21)18(14)22(39)40)28-19(37)16(30-42-2)15-13-45-23(26)27-15/h13,17,21H,3-12H2,1-2H3,(H2,26,27)(H,28,37)(H,39,40)/b30-16+/t17?,21-/m1/s1. The summed E-state index contributed by atoms with van der Waals surface area (Å²) in [6.07, 6.45) is 0.497. The van der Waals surface area contributed by atoms with Gasteiger partial charge in [-0.15, -0.1) is 28.2 Å².